The number of hydrogen-bond donors (Lipinski definition) is 1. The number of amides is 2. The SMILES string of the molecule is CCC(=O)N(Cc1ccc(F)cc1)[C@H](C)C(=O)NCCOC. The molecule has 2 amide bonds. The van der Waals surface area contributed by atoms with Crippen LogP contribution in [0.15, 0.2) is 24.3 Å². The Hall–Kier alpha value is -1.95. The summed E-state index contributed by atoms with van der Waals surface area (Å²) in [6, 6.07) is 5.30. The van der Waals surface area contributed by atoms with Crippen molar-refractivity contribution in [1.29, 1.82) is 0 Å². The molecule has 0 aromatic heterocycles. The van der Waals surface area contributed by atoms with Crippen molar-refractivity contribution in [1.82, 2.24) is 10.2 Å². The van der Waals surface area contributed by atoms with Crippen LogP contribution < -0.4 is 5.32 Å². The van der Waals surface area contributed by atoms with E-state index in [2.05, 4.69) is 5.32 Å². The van der Waals surface area contributed by atoms with Crippen molar-refractivity contribution in [3.8, 4) is 0 Å². The van der Waals surface area contributed by atoms with Crippen LogP contribution in [0.5, 0.6) is 0 Å². The number of benzene rings is 1. The number of nitrogens with zero attached hydrogens (tertiary/aromatic N) is 1. The van der Waals surface area contributed by atoms with E-state index in [1.54, 1.807) is 33.1 Å². The standard InChI is InChI=1S/C16H23FN2O3/c1-4-15(20)19(11-13-5-7-14(17)8-6-13)12(2)16(21)18-9-10-22-3/h5-8,12H,4,9-11H2,1-3H3,(H,18,21)/t12-/m1/s1. The van der Waals surface area contributed by atoms with Gasteiger partial charge in [-0.2, -0.15) is 0 Å². The molecule has 1 rings (SSSR count). The Morgan fingerprint density at radius 1 is 1.32 bits per heavy atom. The lowest BCUT2D eigenvalue weighted by molar-refractivity contribution is -0.140. The number of carbonyl (C=O) groups is 2. The summed E-state index contributed by atoms with van der Waals surface area (Å²) < 4.78 is 17.8. The van der Waals surface area contributed by atoms with Gasteiger partial charge in [0.2, 0.25) is 11.8 Å². The van der Waals surface area contributed by atoms with Crippen molar-refractivity contribution in [2.45, 2.75) is 32.9 Å². The molecule has 0 spiro atoms. The number of carbonyl (C=O) groups excluding carboxylic acids is 2. The second-order valence-corrected chi connectivity index (χ2v) is 4.96. The van der Waals surface area contributed by atoms with E-state index in [1.807, 2.05) is 0 Å². The number of halogens is 1. The average Bonchev–Trinajstić information content (AvgIpc) is 2.53. The third kappa shape index (κ3) is 5.44. The van der Waals surface area contributed by atoms with E-state index in [0.717, 1.165) is 5.56 Å². The van der Waals surface area contributed by atoms with Crippen LogP contribution >= 0.6 is 0 Å². The van der Waals surface area contributed by atoms with Crippen LogP contribution in [-0.4, -0.2) is 43.0 Å². The van der Waals surface area contributed by atoms with E-state index >= 15 is 0 Å². The predicted molar refractivity (Wildman–Crippen MR) is 81.6 cm³/mol. The van der Waals surface area contributed by atoms with Gasteiger partial charge in [-0.1, -0.05) is 19.1 Å². The quantitative estimate of drug-likeness (QED) is 0.744. The van der Waals surface area contributed by atoms with Gasteiger partial charge in [0.1, 0.15) is 11.9 Å². The molecule has 6 heteroatoms. The summed E-state index contributed by atoms with van der Waals surface area (Å²) in [4.78, 5) is 25.7. The zero-order valence-electron chi connectivity index (χ0n) is 13.3. The Bertz CT molecular complexity index is 491. The molecule has 1 atom stereocenters. The predicted octanol–water partition coefficient (Wildman–Crippen LogP) is 1.72. The molecule has 0 aliphatic rings. The molecule has 1 aromatic rings. The lowest BCUT2D eigenvalue weighted by Crippen LogP contribution is -2.48. The van der Waals surface area contributed by atoms with Crippen molar-refractivity contribution in [2.24, 2.45) is 0 Å². The van der Waals surface area contributed by atoms with Gasteiger partial charge in [-0.25, -0.2) is 4.39 Å². The van der Waals surface area contributed by atoms with Crippen LogP contribution in [0.25, 0.3) is 0 Å². The van der Waals surface area contributed by atoms with Crippen molar-refractivity contribution in [3.05, 3.63) is 35.6 Å². The van der Waals surface area contributed by atoms with E-state index in [-0.39, 0.29) is 24.2 Å². The Morgan fingerprint density at radius 2 is 1.95 bits per heavy atom. The van der Waals surface area contributed by atoms with Gasteiger partial charge in [-0.3, -0.25) is 9.59 Å². The monoisotopic (exact) mass is 310 g/mol. The molecule has 0 aliphatic heterocycles. The van der Waals surface area contributed by atoms with Crippen LogP contribution in [0.3, 0.4) is 0 Å². The topological polar surface area (TPSA) is 58.6 Å². The van der Waals surface area contributed by atoms with Crippen LogP contribution in [0.1, 0.15) is 25.8 Å². The molecule has 1 aromatic carbocycles. The Morgan fingerprint density at radius 3 is 2.50 bits per heavy atom. The van der Waals surface area contributed by atoms with Gasteiger partial charge in [-0.05, 0) is 24.6 Å². The van der Waals surface area contributed by atoms with Gasteiger partial charge in [0.25, 0.3) is 0 Å². The molecule has 5 nitrogen and oxygen atoms in total. The minimum Gasteiger partial charge on any atom is -0.383 e. The Kier molecular flexibility index (Phi) is 7.52. The van der Waals surface area contributed by atoms with Gasteiger partial charge in [0.05, 0.1) is 6.61 Å². The summed E-state index contributed by atoms with van der Waals surface area (Å²) in [6.07, 6.45) is 0.302. The largest absolute Gasteiger partial charge is 0.383 e. The van der Waals surface area contributed by atoms with E-state index in [4.69, 9.17) is 4.74 Å². The first kappa shape index (κ1) is 18.1. The van der Waals surface area contributed by atoms with E-state index in [1.165, 1.54) is 17.0 Å². The van der Waals surface area contributed by atoms with Crippen molar-refractivity contribution in [3.63, 3.8) is 0 Å². The molecule has 0 saturated carbocycles. The van der Waals surface area contributed by atoms with Crippen LogP contribution in [0, 0.1) is 5.82 Å². The zero-order valence-corrected chi connectivity index (χ0v) is 13.3. The fraction of sp³-hybridized carbons (Fsp3) is 0.500. The van der Waals surface area contributed by atoms with Crippen molar-refractivity contribution in [2.75, 3.05) is 20.3 Å². The molecule has 0 heterocycles. The fourth-order valence-corrected chi connectivity index (χ4v) is 2.00. The fourth-order valence-electron chi connectivity index (χ4n) is 2.00. The van der Waals surface area contributed by atoms with Crippen molar-refractivity contribution < 1.29 is 18.7 Å². The molecule has 22 heavy (non-hydrogen) atoms. The summed E-state index contributed by atoms with van der Waals surface area (Å²) in [5.74, 6) is -0.692. The Labute approximate surface area is 130 Å². The van der Waals surface area contributed by atoms with Gasteiger partial charge >= 0.3 is 0 Å². The highest BCUT2D eigenvalue weighted by atomic mass is 19.1. The van der Waals surface area contributed by atoms with Crippen LogP contribution in [0.2, 0.25) is 0 Å². The maximum atomic E-state index is 13.0. The lowest BCUT2D eigenvalue weighted by Gasteiger charge is -2.28. The van der Waals surface area contributed by atoms with E-state index in [0.29, 0.717) is 19.6 Å². The number of nitrogens with one attached hydrogen (secondary N) is 1. The third-order valence-electron chi connectivity index (χ3n) is 3.34. The molecular weight excluding hydrogens is 287 g/mol. The smallest absolute Gasteiger partial charge is 0.242 e. The molecule has 0 unspecified atom stereocenters. The van der Waals surface area contributed by atoms with Gasteiger partial charge in [0, 0.05) is 26.6 Å². The molecule has 0 fully saturated rings. The highest BCUT2D eigenvalue weighted by Gasteiger charge is 2.24. The normalized spacial score (nSPS) is 11.8. The van der Waals surface area contributed by atoms with Crippen molar-refractivity contribution >= 4 is 11.8 Å². The first-order valence-corrected chi connectivity index (χ1v) is 7.30. The summed E-state index contributed by atoms with van der Waals surface area (Å²) in [6.45, 7) is 4.50. The Balaban J connectivity index is 2.76. The molecule has 0 aliphatic carbocycles. The van der Waals surface area contributed by atoms with Crippen LogP contribution in [0.4, 0.5) is 4.39 Å². The molecule has 122 valence electrons. The molecular formula is C16H23FN2O3. The number of ether oxygens (including phenoxy) is 1. The molecule has 0 saturated heterocycles. The molecule has 1 N–H and O–H groups in total. The minimum absolute atomic E-state index is 0.126. The maximum Gasteiger partial charge on any atom is 0.242 e. The molecule has 0 bridgehead atoms. The van der Waals surface area contributed by atoms with Gasteiger partial charge in [-0.15, -0.1) is 0 Å². The summed E-state index contributed by atoms with van der Waals surface area (Å²) in [5.41, 5.74) is 0.778. The number of hydrogen-bond acceptors (Lipinski definition) is 3. The lowest BCUT2D eigenvalue weighted by atomic mass is 10.1. The highest BCUT2D eigenvalue weighted by Crippen LogP contribution is 2.11. The molecule has 0 radical (unpaired) electrons. The summed E-state index contributed by atoms with van der Waals surface area (Å²) in [7, 11) is 1.55. The van der Waals surface area contributed by atoms with Gasteiger partial charge in [0.15, 0.2) is 0 Å². The summed E-state index contributed by atoms with van der Waals surface area (Å²) >= 11 is 0. The number of methoxy groups -OCH3 is 1. The zero-order chi connectivity index (χ0) is 16.5. The maximum absolute atomic E-state index is 13.0. The number of rotatable bonds is 8. The van der Waals surface area contributed by atoms with E-state index < -0.39 is 6.04 Å². The third-order valence-corrected chi connectivity index (χ3v) is 3.34. The van der Waals surface area contributed by atoms with E-state index in [9.17, 15) is 14.0 Å². The average molecular weight is 310 g/mol. The summed E-state index contributed by atoms with van der Waals surface area (Å²) in [5, 5.41) is 2.72. The second kappa shape index (κ2) is 9.15. The minimum atomic E-state index is -0.602. The highest BCUT2D eigenvalue weighted by molar-refractivity contribution is 5.87. The first-order chi connectivity index (χ1) is 10.5. The second-order valence-electron chi connectivity index (χ2n) is 4.96. The van der Waals surface area contributed by atoms with Gasteiger partial charge < -0.3 is 15.0 Å². The van der Waals surface area contributed by atoms with Crippen LogP contribution in [-0.2, 0) is 20.9 Å². The first-order valence-electron chi connectivity index (χ1n) is 7.30.